The van der Waals surface area contributed by atoms with E-state index in [0.29, 0.717) is 30.9 Å². The number of hydrogen-bond donors (Lipinski definition) is 2. The summed E-state index contributed by atoms with van der Waals surface area (Å²) in [6, 6.07) is 11.4. The van der Waals surface area contributed by atoms with Gasteiger partial charge in [0.25, 0.3) is 10.3 Å². The fourth-order valence-electron chi connectivity index (χ4n) is 4.10. The van der Waals surface area contributed by atoms with Gasteiger partial charge in [0.2, 0.25) is 11.8 Å². The lowest BCUT2D eigenvalue weighted by atomic mass is 9.97. The van der Waals surface area contributed by atoms with Gasteiger partial charge in [-0.2, -0.15) is 9.12 Å². The highest BCUT2D eigenvalue weighted by molar-refractivity contribution is 14.1. The van der Waals surface area contributed by atoms with E-state index in [2.05, 4.69) is 42.1 Å². The molecule has 0 radical (unpaired) electrons. The summed E-state index contributed by atoms with van der Waals surface area (Å²) in [5, 5.41) is 5.77. The first-order chi connectivity index (χ1) is 17.8. The molecule has 0 saturated heterocycles. The maximum atomic E-state index is 12.3. The van der Waals surface area contributed by atoms with Gasteiger partial charge in [-0.25, -0.2) is 0 Å². The zero-order valence-corrected chi connectivity index (χ0v) is 24.5. The fraction of sp³-hybridized carbons (Fsp3) is 0.423. The van der Waals surface area contributed by atoms with Crippen molar-refractivity contribution in [2.75, 3.05) is 43.7 Å². The standard InChI is InChI=1S/C26H33BIN2O6P/c1-3-9-34-15-24(31)29-17-5-7-19-20-8-6-18(30-25(32)16-35-10-4-2)12-22(20)23(21(19)11-17)14-36-26(33)13-27(28)37/h5-8,11-12,23H,3-4,9-10,13-16,37H2,1-2H3,(H,29,31)(H,30,32). The molecular weight excluding hydrogens is 605 g/mol. The summed E-state index contributed by atoms with van der Waals surface area (Å²) in [5.74, 6) is -0.974. The van der Waals surface area contributed by atoms with Crippen LogP contribution in [0.3, 0.4) is 0 Å². The molecule has 8 nitrogen and oxygen atoms in total. The lowest BCUT2D eigenvalue weighted by Crippen LogP contribution is -2.19. The van der Waals surface area contributed by atoms with Crippen molar-refractivity contribution in [2.24, 2.45) is 0 Å². The number of fused-ring (bicyclic) bond motifs is 3. The summed E-state index contributed by atoms with van der Waals surface area (Å²) in [5.41, 5.74) is 5.18. The Labute approximate surface area is 234 Å². The topological polar surface area (TPSA) is 103 Å². The zero-order valence-electron chi connectivity index (χ0n) is 21.2. The number of nitrogens with one attached hydrogen (secondary N) is 2. The molecule has 0 aromatic heterocycles. The Kier molecular flexibility index (Phi) is 11.8. The summed E-state index contributed by atoms with van der Waals surface area (Å²) in [4.78, 5) is 36.9. The van der Waals surface area contributed by atoms with Gasteiger partial charge in [-0.15, -0.1) is 22.4 Å². The number of benzene rings is 2. The first-order valence-corrected chi connectivity index (χ1v) is 14.3. The average molecular weight is 638 g/mol. The molecule has 0 aliphatic heterocycles. The molecule has 37 heavy (non-hydrogen) atoms. The summed E-state index contributed by atoms with van der Waals surface area (Å²) >= 11 is 2.16. The molecule has 1 atom stereocenters. The predicted octanol–water partition coefficient (Wildman–Crippen LogP) is 4.87. The Morgan fingerprint density at radius 1 is 0.892 bits per heavy atom. The van der Waals surface area contributed by atoms with Crippen LogP contribution in [0, 0.1) is 0 Å². The van der Waals surface area contributed by atoms with E-state index >= 15 is 0 Å². The number of rotatable bonds is 14. The Bertz CT molecular complexity index is 1040. The highest BCUT2D eigenvalue weighted by atomic mass is 127. The third-order valence-electron chi connectivity index (χ3n) is 5.65. The van der Waals surface area contributed by atoms with Crippen molar-refractivity contribution in [1.82, 2.24) is 0 Å². The van der Waals surface area contributed by atoms with Gasteiger partial charge in [-0.1, -0.05) is 26.0 Å². The second-order valence-electron chi connectivity index (χ2n) is 8.76. The van der Waals surface area contributed by atoms with Gasteiger partial charge in [0.15, 0.2) is 0 Å². The van der Waals surface area contributed by atoms with E-state index in [9.17, 15) is 14.4 Å². The van der Waals surface area contributed by atoms with Crippen molar-refractivity contribution in [3.8, 4) is 11.1 Å². The SMILES string of the molecule is CCCOCC(=O)Nc1ccc2c(c1)C(COC(=O)CB(P)I)c1cc(NC(=O)COCCC)ccc1-2. The minimum Gasteiger partial charge on any atom is -0.465 e. The second kappa shape index (κ2) is 14.8. The largest absolute Gasteiger partial charge is 0.465 e. The molecule has 198 valence electrons. The number of esters is 1. The molecule has 0 spiro atoms. The molecular formula is C26H33BIN2O6P. The normalized spacial score (nSPS) is 12.0. The summed E-state index contributed by atoms with van der Waals surface area (Å²) in [6.45, 7) is 5.16. The summed E-state index contributed by atoms with van der Waals surface area (Å²) in [7, 11) is 2.59. The van der Waals surface area contributed by atoms with Crippen molar-refractivity contribution in [3.05, 3.63) is 47.5 Å². The third kappa shape index (κ3) is 8.77. The molecule has 2 aromatic rings. The van der Waals surface area contributed by atoms with Gasteiger partial charge in [0.1, 0.15) is 19.8 Å². The minimum absolute atomic E-state index is 0.0102. The fourth-order valence-corrected chi connectivity index (χ4v) is 4.65. The Balaban J connectivity index is 1.83. The van der Waals surface area contributed by atoms with Gasteiger partial charge in [0.05, 0.1) is 0 Å². The lowest BCUT2D eigenvalue weighted by Gasteiger charge is -2.16. The minimum atomic E-state index is -0.278. The number of ether oxygens (including phenoxy) is 3. The van der Waals surface area contributed by atoms with E-state index in [1.807, 2.05) is 50.2 Å². The molecule has 0 fully saturated rings. The van der Waals surface area contributed by atoms with Gasteiger partial charge >= 0.3 is 0 Å². The molecule has 3 rings (SSSR count). The quantitative estimate of drug-likeness (QED) is 0.101. The van der Waals surface area contributed by atoms with E-state index < -0.39 is 0 Å². The number of halogens is 1. The van der Waals surface area contributed by atoms with Crippen molar-refractivity contribution in [2.45, 2.75) is 38.9 Å². The van der Waals surface area contributed by atoms with Gasteiger partial charge in [0, 0.05) is 36.8 Å². The van der Waals surface area contributed by atoms with E-state index in [0.717, 1.165) is 35.1 Å². The third-order valence-corrected chi connectivity index (χ3v) is 6.32. The Morgan fingerprint density at radius 3 is 1.81 bits per heavy atom. The Hall–Kier alpha value is -2.01. The highest BCUT2D eigenvalue weighted by Crippen LogP contribution is 2.47. The molecule has 0 bridgehead atoms. The molecule has 2 amide bonds. The first kappa shape index (κ1) is 29.5. The van der Waals surface area contributed by atoms with Crippen molar-refractivity contribution >= 4 is 64.9 Å². The molecule has 0 saturated carbocycles. The number of amides is 2. The number of anilines is 2. The maximum Gasteiger partial charge on any atom is 0.299 e. The van der Waals surface area contributed by atoms with Crippen LogP contribution in [-0.4, -0.2) is 55.1 Å². The highest BCUT2D eigenvalue weighted by Gasteiger charge is 2.31. The van der Waals surface area contributed by atoms with Crippen LogP contribution < -0.4 is 10.6 Å². The first-order valence-electron chi connectivity index (χ1n) is 12.4. The molecule has 1 unspecified atom stereocenters. The van der Waals surface area contributed by atoms with Crippen LogP contribution in [-0.2, 0) is 28.6 Å². The smallest absolute Gasteiger partial charge is 0.299 e. The lowest BCUT2D eigenvalue weighted by molar-refractivity contribution is -0.141. The van der Waals surface area contributed by atoms with Crippen molar-refractivity contribution in [3.63, 3.8) is 0 Å². The van der Waals surface area contributed by atoms with Crippen LogP contribution >= 0.6 is 31.5 Å². The molecule has 11 heteroatoms. The van der Waals surface area contributed by atoms with Crippen LogP contribution in [0.2, 0.25) is 6.32 Å². The van der Waals surface area contributed by atoms with Crippen LogP contribution in [0.15, 0.2) is 36.4 Å². The molecule has 1 aliphatic rings. The van der Waals surface area contributed by atoms with Crippen LogP contribution in [0.4, 0.5) is 11.4 Å². The second-order valence-corrected chi connectivity index (χ2v) is 12.5. The van der Waals surface area contributed by atoms with E-state index in [-0.39, 0.29) is 47.8 Å². The molecule has 2 aromatic carbocycles. The Morgan fingerprint density at radius 2 is 1.38 bits per heavy atom. The average Bonchev–Trinajstić information content (AvgIpc) is 3.14. The number of carbonyl (C=O) groups excluding carboxylic acids is 3. The van der Waals surface area contributed by atoms with E-state index in [4.69, 9.17) is 14.2 Å². The van der Waals surface area contributed by atoms with E-state index in [1.54, 1.807) is 0 Å². The van der Waals surface area contributed by atoms with Crippen LogP contribution in [0.25, 0.3) is 11.1 Å². The monoisotopic (exact) mass is 638 g/mol. The number of carbonyl (C=O) groups is 3. The summed E-state index contributed by atoms with van der Waals surface area (Å²) < 4.78 is 16.4. The van der Waals surface area contributed by atoms with Crippen LogP contribution in [0.1, 0.15) is 43.7 Å². The van der Waals surface area contributed by atoms with Gasteiger partial charge < -0.3 is 24.8 Å². The number of hydrogen-bond acceptors (Lipinski definition) is 6. The van der Waals surface area contributed by atoms with Crippen molar-refractivity contribution in [1.29, 1.82) is 0 Å². The molecule has 2 N–H and O–H groups in total. The predicted molar refractivity (Wildman–Crippen MR) is 158 cm³/mol. The zero-order chi connectivity index (χ0) is 26.8. The molecule has 1 aliphatic carbocycles. The maximum absolute atomic E-state index is 12.3. The van der Waals surface area contributed by atoms with Crippen LogP contribution in [0.5, 0.6) is 0 Å². The molecule has 0 heterocycles. The van der Waals surface area contributed by atoms with Gasteiger partial charge in [-0.05, 0) is 59.4 Å². The van der Waals surface area contributed by atoms with E-state index in [1.165, 1.54) is 0 Å². The van der Waals surface area contributed by atoms with Gasteiger partial charge in [-0.3, -0.25) is 14.4 Å². The van der Waals surface area contributed by atoms with Crippen molar-refractivity contribution < 1.29 is 28.6 Å². The summed E-state index contributed by atoms with van der Waals surface area (Å²) in [6.07, 6.45) is 1.97.